The van der Waals surface area contributed by atoms with Crippen molar-refractivity contribution < 1.29 is 8.42 Å². The van der Waals surface area contributed by atoms with E-state index >= 15 is 0 Å². The van der Waals surface area contributed by atoms with Crippen LogP contribution in [-0.2, 0) is 17.1 Å². The smallest absolute Gasteiger partial charge is 0.262 e. The Morgan fingerprint density at radius 2 is 1.55 bits per heavy atom. The van der Waals surface area contributed by atoms with Crippen molar-refractivity contribution in [2.24, 2.45) is 7.05 Å². The highest BCUT2D eigenvalue weighted by molar-refractivity contribution is 7.92. The summed E-state index contributed by atoms with van der Waals surface area (Å²) in [6.07, 6.45) is 1.52. The zero-order valence-electron chi connectivity index (χ0n) is 12.0. The van der Waals surface area contributed by atoms with E-state index in [9.17, 15) is 8.42 Å². The molecule has 6 heteroatoms. The quantitative estimate of drug-likeness (QED) is 0.805. The Bertz CT molecular complexity index is 872. The van der Waals surface area contributed by atoms with Gasteiger partial charge in [-0.1, -0.05) is 48.5 Å². The minimum Gasteiger partial charge on any atom is -0.276 e. The fraction of sp³-hybridized carbons (Fsp3) is 0.0625. The summed E-state index contributed by atoms with van der Waals surface area (Å²) in [5.74, 6) is 0. The van der Waals surface area contributed by atoms with E-state index in [0.717, 1.165) is 11.3 Å². The topological polar surface area (TPSA) is 64.0 Å². The molecule has 0 amide bonds. The van der Waals surface area contributed by atoms with Crippen molar-refractivity contribution in [1.82, 2.24) is 9.78 Å². The lowest BCUT2D eigenvalue weighted by Gasteiger charge is -2.10. The van der Waals surface area contributed by atoms with Gasteiger partial charge in [0.25, 0.3) is 10.0 Å². The Morgan fingerprint density at radius 1 is 0.955 bits per heavy atom. The van der Waals surface area contributed by atoms with Gasteiger partial charge in [-0.05, 0) is 12.1 Å². The van der Waals surface area contributed by atoms with Crippen LogP contribution in [0.2, 0.25) is 0 Å². The molecular weight excluding hydrogens is 298 g/mol. The Balaban J connectivity index is 2.01. The highest BCUT2D eigenvalue weighted by atomic mass is 32.2. The molecule has 1 aromatic heterocycles. The molecule has 3 rings (SSSR count). The van der Waals surface area contributed by atoms with E-state index in [1.165, 1.54) is 6.20 Å². The van der Waals surface area contributed by atoms with E-state index in [4.69, 9.17) is 0 Å². The number of hydrogen-bond acceptors (Lipinski definition) is 3. The summed E-state index contributed by atoms with van der Waals surface area (Å²) in [6.45, 7) is 0. The molecule has 0 saturated heterocycles. The number of nitrogens with zero attached hydrogens (tertiary/aromatic N) is 2. The van der Waals surface area contributed by atoms with E-state index in [2.05, 4.69) is 9.82 Å². The van der Waals surface area contributed by atoms with E-state index in [1.807, 2.05) is 30.3 Å². The van der Waals surface area contributed by atoms with Gasteiger partial charge in [-0.25, -0.2) is 8.42 Å². The van der Waals surface area contributed by atoms with Gasteiger partial charge in [-0.15, -0.1) is 0 Å². The molecule has 5 nitrogen and oxygen atoms in total. The van der Waals surface area contributed by atoms with E-state index in [1.54, 1.807) is 42.1 Å². The molecule has 0 atom stereocenters. The lowest BCUT2D eigenvalue weighted by Crippen LogP contribution is -2.13. The van der Waals surface area contributed by atoms with Crippen LogP contribution in [-0.4, -0.2) is 18.2 Å². The normalized spacial score (nSPS) is 11.3. The number of aryl methyl sites for hydroxylation is 1. The van der Waals surface area contributed by atoms with Crippen molar-refractivity contribution in [2.45, 2.75) is 4.90 Å². The molecule has 0 radical (unpaired) electrons. The summed E-state index contributed by atoms with van der Waals surface area (Å²) >= 11 is 0. The third-order valence-electron chi connectivity index (χ3n) is 3.28. The maximum Gasteiger partial charge on any atom is 0.262 e. The van der Waals surface area contributed by atoms with Crippen LogP contribution in [0.25, 0.3) is 11.3 Å². The van der Waals surface area contributed by atoms with Crippen molar-refractivity contribution >= 4 is 15.7 Å². The molecule has 0 bridgehead atoms. The number of nitrogens with one attached hydrogen (secondary N) is 1. The second-order valence-corrected chi connectivity index (χ2v) is 6.50. The van der Waals surface area contributed by atoms with Crippen molar-refractivity contribution in [1.29, 1.82) is 0 Å². The van der Waals surface area contributed by atoms with E-state index in [-0.39, 0.29) is 4.90 Å². The zero-order valence-corrected chi connectivity index (χ0v) is 12.8. The average Bonchev–Trinajstić information content (AvgIpc) is 2.89. The molecule has 112 valence electrons. The van der Waals surface area contributed by atoms with Gasteiger partial charge in [-0.3, -0.25) is 9.40 Å². The summed E-state index contributed by atoms with van der Waals surface area (Å²) < 4.78 is 29.2. The van der Waals surface area contributed by atoms with Crippen molar-refractivity contribution in [3.05, 3.63) is 66.9 Å². The van der Waals surface area contributed by atoms with Crippen LogP contribution in [0.1, 0.15) is 0 Å². The summed E-state index contributed by atoms with van der Waals surface area (Å²) in [7, 11) is -1.85. The van der Waals surface area contributed by atoms with Crippen molar-refractivity contribution in [2.75, 3.05) is 4.72 Å². The highest BCUT2D eigenvalue weighted by Gasteiger charge is 2.18. The average molecular weight is 313 g/mol. The first kappa shape index (κ1) is 14.3. The maximum atomic E-state index is 12.4. The molecule has 1 heterocycles. The first-order valence-corrected chi connectivity index (χ1v) is 8.21. The molecular formula is C16H15N3O2S. The van der Waals surface area contributed by atoms with Gasteiger partial charge in [0.15, 0.2) is 0 Å². The monoisotopic (exact) mass is 313 g/mol. The Hall–Kier alpha value is -2.60. The maximum absolute atomic E-state index is 12.4. The number of benzene rings is 2. The summed E-state index contributed by atoms with van der Waals surface area (Å²) in [5, 5.41) is 4.16. The first-order chi connectivity index (χ1) is 10.6. The van der Waals surface area contributed by atoms with Crippen LogP contribution >= 0.6 is 0 Å². The van der Waals surface area contributed by atoms with Gasteiger partial charge in [0.05, 0.1) is 22.5 Å². The molecule has 1 N–H and O–H groups in total. The van der Waals surface area contributed by atoms with Gasteiger partial charge >= 0.3 is 0 Å². The summed E-state index contributed by atoms with van der Waals surface area (Å²) in [4.78, 5) is 0.220. The molecule has 2 aromatic carbocycles. The molecule has 22 heavy (non-hydrogen) atoms. The number of rotatable bonds is 4. The molecule has 0 aliphatic carbocycles. The Morgan fingerprint density at radius 3 is 2.18 bits per heavy atom. The van der Waals surface area contributed by atoms with Gasteiger partial charge in [0.2, 0.25) is 0 Å². The third-order valence-corrected chi connectivity index (χ3v) is 4.67. The minimum absolute atomic E-state index is 0.220. The lowest BCUT2D eigenvalue weighted by molar-refractivity contribution is 0.601. The number of anilines is 1. The summed E-state index contributed by atoms with van der Waals surface area (Å²) in [5.41, 5.74) is 2.07. The molecule has 0 saturated carbocycles. The van der Waals surface area contributed by atoms with Gasteiger partial charge < -0.3 is 0 Å². The van der Waals surface area contributed by atoms with Crippen molar-refractivity contribution in [3.63, 3.8) is 0 Å². The second-order valence-electron chi connectivity index (χ2n) is 4.82. The van der Waals surface area contributed by atoms with Crippen LogP contribution in [0, 0.1) is 0 Å². The number of hydrogen-bond donors (Lipinski definition) is 1. The molecule has 3 aromatic rings. The predicted octanol–water partition coefficient (Wildman–Crippen LogP) is 2.89. The van der Waals surface area contributed by atoms with Crippen LogP contribution in [0.3, 0.4) is 0 Å². The molecule has 0 aliphatic rings. The fourth-order valence-electron chi connectivity index (χ4n) is 2.25. The van der Waals surface area contributed by atoms with Gasteiger partial charge in [-0.2, -0.15) is 5.10 Å². The van der Waals surface area contributed by atoms with Gasteiger partial charge in [0, 0.05) is 12.6 Å². The standard InChI is InChI=1S/C16H15N3O2S/c1-19-16(13-8-4-2-5-9-13)15(12-17-19)18-22(20,21)14-10-6-3-7-11-14/h2-12,18H,1H3. The van der Waals surface area contributed by atoms with Crippen LogP contribution in [0.5, 0.6) is 0 Å². The SMILES string of the molecule is Cn1ncc(NS(=O)(=O)c2ccccc2)c1-c1ccccc1. The van der Waals surface area contributed by atoms with Crippen LogP contribution in [0.15, 0.2) is 71.8 Å². The molecule has 0 spiro atoms. The number of sulfonamides is 1. The second kappa shape index (κ2) is 5.65. The van der Waals surface area contributed by atoms with E-state index in [0.29, 0.717) is 5.69 Å². The third kappa shape index (κ3) is 2.73. The lowest BCUT2D eigenvalue weighted by atomic mass is 10.1. The summed E-state index contributed by atoms with van der Waals surface area (Å²) in [6, 6.07) is 17.8. The van der Waals surface area contributed by atoms with Crippen molar-refractivity contribution in [3.8, 4) is 11.3 Å². The highest BCUT2D eigenvalue weighted by Crippen LogP contribution is 2.28. The predicted molar refractivity (Wildman–Crippen MR) is 85.9 cm³/mol. The molecule has 0 aliphatic heterocycles. The zero-order chi connectivity index (χ0) is 15.6. The first-order valence-electron chi connectivity index (χ1n) is 6.73. The number of aromatic nitrogens is 2. The Kier molecular flexibility index (Phi) is 3.68. The fourth-order valence-corrected chi connectivity index (χ4v) is 3.33. The van der Waals surface area contributed by atoms with Gasteiger partial charge in [0.1, 0.15) is 0 Å². The molecule has 0 unspecified atom stereocenters. The minimum atomic E-state index is -3.63. The Labute approximate surface area is 129 Å². The largest absolute Gasteiger partial charge is 0.276 e. The van der Waals surface area contributed by atoms with Crippen LogP contribution < -0.4 is 4.72 Å². The van der Waals surface area contributed by atoms with E-state index < -0.39 is 10.0 Å². The van der Waals surface area contributed by atoms with Crippen LogP contribution in [0.4, 0.5) is 5.69 Å². The molecule has 0 fully saturated rings.